The Morgan fingerprint density at radius 2 is 1.88 bits per heavy atom. The molecule has 0 N–H and O–H groups in total. The van der Waals surface area contributed by atoms with Crippen molar-refractivity contribution in [1.29, 1.82) is 5.26 Å². The number of aromatic nitrogens is 2. The fourth-order valence-electron chi connectivity index (χ4n) is 4.01. The van der Waals surface area contributed by atoms with Crippen LogP contribution in [0.25, 0.3) is 5.69 Å². The molecule has 7 heteroatoms. The zero-order valence-corrected chi connectivity index (χ0v) is 20.0. The largest absolute Gasteiger partial charge is 0.341 e. The third-order valence-electron chi connectivity index (χ3n) is 6.13. The van der Waals surface area contributed by atoms with Crippen molar-refractivity contribution in [2.75, 3.05) is 31.9 Å². The number of nitriles is 1. The normalized spacial score (nSPS) is 14.6. The van der Waals surface area contributed by atoms with E-state index in [1.165, 1.54) is 28.5 Å². The molecule has 0 bridgehead atoms. The molecule has 33 heavy (non-hydrogen) atoms. The van der Waals surface area contributed by atoms with E-state index in [9.17, 15) is 4.79 Å². The quantitative estimate of drug-likeness (QED) is 0.517. The van der Waals surface area contributed by atoms with E-state index in [2.05, 4.69) is 48.0 Å². The average Bonchev–Trinajstić information content (AvgIpc) is 3.18. The molecular formula is C26H29N5OS. The van der Waals surface area contributed by atoms with Crippen LogP contribution in [0.4, 0.5) is 0 Å². The highest BCUT2D eigenvalue weighted by Crippen LogP contribution is 2.23. The number of carbonyl (C=O) groups is 1. The first-order valence-corrected chi connectivity index (χ1v) is 12.2. The van der Waals surface area contributed by atoms with Gasteiger partial charge in [0.1, 0.15) is 0 Å². The minimum Gasteiger partial charge on any atom is -0.341 e. The van der Waals surface area contributed by atoms with Crippen LogP contribution in [-0.4, -0.2) is 57.2 Å². The highest BCUT2D eigenvalue weighted by atomic mass is 32.2. The molecule has 1 amide bonds. The maximum Gasteiger partial charge on any atom is 0.233 e. The Kier molecular flexibility index (Phi) is 7.48. The van der Waals surface area contributed by atoms with Crippen LogP contribution in [0.15, 0.2) is 60.0 Å². The van der Waals surface area contributed by atoms with E-state index in [1.807, 2.05) is 39.9 Å². The summed E-state index contributed by atoms with van der Waals surface area (Å²) in [4.78, 5) is 21.8. The van der Waals surface area contributed by atoms with Crippen LogP contribution in [0.5, 0.6) is 0 Å². The molecule has 0 radical (unpaired) electrons. The van der Waals surface area contributed by atoms with Crippen molar-refractivity contribution >= 4 is 17.7 Å². The van der Waals surface area contributed by atoms with Gasteiger partial charge in [0, 0.05) is 50.8 Å². The first-order chi connectivity index (χ1) is 16.0. The number of nitrogens with zero attached hydrogens (tertiary/aromatic N) is 5. The van der Waals surface area contributed by atoms with Crippen LogP contribution in [0, 0.1) is 25.2 Å². The minimum atomic E-state index is 0.162. The standard InChI is InChI=1S/C26H29N5OS/c1-20-4-9-24(16-21(20)2)31-13-10-28-26(31)33-19-25(32)30-12-3-11-29(14-15-30)18-23-7-5-22(17-27)6-8-23/h4-10,13,16H,3,11-12,14-15,18-19H2,1-2H3. The number of hydrogen-bond donors (Lipinski definition) is 0. The van der Waals surface area contributed by atoms with Crippen LogP contribution in [0.2, 0.25) is 0 Å². The van der Waals surface area contributed by atoms with Crippen molar-refractivity contribution < 1.29 is 4.79 Å². The van der Waals surface area contributed by atoms with Gasteiger partial charge in [0.25, 0.3) is 0 Å². The van der Waals surface area contributed by atoms with Crippen LogP contribution < -0.4 is 0 Å². The second-order valence-corrected chi connectivity index (χ2v) is 9.40. The van der Waals surface area contributed by atoms with E-state index in [1.54, 1.807) is 6.20 Å². The number of rotatable bonds is 6. The van der Waals surface area contributed by atoms with E-state index in [-0.39, 0.29) is 5.91 Å². The SMILES string of the molecule is Cc1ccc(-n2ccnc2SCC(=O)N2CCCN(Cc3ccc(C#N)cc3)CC2)cc1C. The van der Waals surface area contributed by atoms with Crippen LogP contribution >= 0.6 is 11.8 Å². The van der Waals surface area contributed by atoms with Gasteiger partial charge in [0.15, 0.2) is 5.16 Å². The van der Waals surface area contributed by atoms with Gasteiger partial charge in [-0.1, -0.05) is 30.0 Å². The van der Waals surface area contributed by atoms with Gasteiger partial charge in [-0.3, -0.25) is 14.3 Å². The highest BCUT2D eigenvalue weighted by molar-refractivity contribution is 7.99. The van der Waals surface area contributed by atoms with Gasteiger partial charge >= 0.3 is 0 Å². The molecule has 0 spiro atoms. The summed E-state index contributed by atoms with van der Waals surface area (Å²) < 4.78 is 2.05. The Hall–Kier alpha value is -3.08. The first kappa shape index (κ1) is 23.1. The summed E-state index contributed by atoms with van der Waals surface area (Å²) in [5.41, 5.74) is 5.45. The number of hydrogen-bond acceptors (Lipinski definition) is 5. The maximum atomic E-state index is 12.9. The summed E-state index contributed by atoms with van der Waals surface area (Å²) >= 11 is 1.49. The lowest BCUT2D eigenvalue weighted by molar-refractivity contribution is -0.128. The lowest BCUT2D eigenvalue weighted by atomic mass is 10.1. The van der Waals surface area contributed by atoms with Crippen molar-refractivity contribution in [1.82, 2.24) is 19.4 Å². The van der Waals surface area contributed by atoms with Crippen LogP contribution in [0.1, 0.15) is 28.7 Å². The Morgan fingerprint density at radius 3 is 2.64 bits per heavy atom. The summed E-state index contributed by atoms with van der Waals surface area (Å²) in [7, 11) is 0. The Labute approximate surface area is 199 Å². The zero-order chi connectivity index (χ0) is 23.2. The molecule has 2 heterocycles. The topological polar surface area (TPSA) is 65.2 Å². The van der Waals surface area contributed by atoms with E-state index in [0.717, 1.165) is 50.0 Å². The van der Waals surface area contributed by atoms with Gasteiger partial charge in [-0.15, -0.1) is 0 Å². The lowest BCUT2D eigenvalue weighted by Gasteiger charge is -2.22. The van der Waals surface area contributed by atoms with Gasteiger partial charge in [-0.05, 0) is 61.2 Å². The van der Waals surface area contributed by atoms with Crippen molar-refractivity contribution in [2.24, 2.45) is 0 Å². The summed E-state index contributed by atoms with van der Waals surface area (Å²) in [6.07, 6.45) is 4.70. The lowest BCUT2D eigenvalue weighted by Crippen LogP contribution is -2.36. The van der Waals surface area contributed by atoms with E-state index in [4.69, 9.17) is 5.26 Å². The number of benzene rings is 2. The van der Waals surface area contributed by atoms with E-state index < -0.39 is 0 Å². The van der Waals surface area contributed by atoms with E-state index >= 15 is 0 Å². The Morgan fingerprint density at radius 1 is 1.06 bits per heavy atom. The molecule has 170 valence electrons. The predicted octanol–water partition coefficient (Wildman–Crippen LogP) is 4.19. The molecule has 0 atom stereocenters. The van der Waals surface area contributed by atoms with Gasteiger partial charge < -0.3 is 4.90 Å². The Bertz CT molecular complexity index is 1150. The van der Waals surface area contributed by atoms with Gasteiger partial charge in [0.05, 0.1) is 17.4 Å². The fraction of sp³-hybridized carbons (Fsp3) is 0.346. The molecule has 0 aliphatic carbocycles. The molecular weight excluding hydrogens is 430 g/mol. The predicted molar refractivity (Wildman–Crippen MR) is 131 cm³/mol. The molecule has 6 nitrogen and oxygen atoms in total. The molecule has 2 aromatic carbocycles. The van der Waals surface area contributed by atoms with Crippen molar-refractivity contribution in [2.45, 2.75) is 32.0 Å². The summed E-state index contributed by atoms with van der Waals surface area (Å²) in [5.74, 6) is 0.548. The molecule has 3 aromatic rings. The number of amides is 1. The second kappa shape index (κ2) is 10.7. The van der Waals surface area contributed by atoms with E-state index in [0.29, 0.717) is 11.3 Å². The second-order valence-electron chi connectivity index (χ2n) is 8.46. The third-order valence-corrected chi connectivity index (χ3v) is 7.08. The molecule has 1 aliphatic rings. The molecule has 1 fully saturated rings. The third kappa shape index (κ3) is 5.84. The molecule has 0 unspecified atom stereocenters. The van der Waals surface area contributed by atoms with Gasteiger partial charge in [-0.25, -0.2) is 4.98 Å². The minimum absolute atomic E-state index is 0.162. The van der Waals surface area contributed by atoms with Crippen molar-refractivity contribution in [3.8, 4) is 11.8 Å². The van der Waals surface area contributed by atoms with Crippen LogP contribution in [0.3, 0.4) is 0 Å². The summed E-state index contributed by atoms with van der Waals surface area (Å²) in [6, 6.07) is 16.3. The fourth-order valence-corrected chi connectivity index (χ4v) is 4.88. The smallest absolute Gasteiger partial charge is 0.233 e. The summed E-state index contributed by atoms with van der Waals surface area (Å²) in [6.45, 7) is 8.40. The maximum absolute atomic E-state index is 12.9. The molecule has 1 aromatic heterocycles. The summed E-state index contributed by atoms with van der Waals surface area (Å²) in [5, 5.41) is 9.80. The molecule has 0 saturated carbocycles. The monoisotopic (exact) mass is 459 g/mol. The number of carbonyl (C=O) groups excluding carboxylic acids is 1. The molecule has 1 aliphatic heterocycles. The molecule has 1 saturated heterocycles. The Balaban J connectivity index is 1.31. The van der Waals surface area contributed by atoms with Crippen molar-refractivity contribution in [3.63, 3.8) is 0 Å². The van der Waals surface area contributed by atoms with Gasteiger partial charge in [0.2, 0.25) is 5.91 Å². The van der Waals surface area contributed by atoms with Crippen LogP contribution in [-0.2, 0) is 11.3 Å². The number of imidazole rings is 1. The number of thioether (sulfide) groups is 1. The first-order valence-electron chi connectivity index (χ1n) is 11.3. The molecule has 4 rings (SSSR count). The van der Waals surface area contributed by atoms with Gasteiger partial charge in [-0.2, -0.15) is 5.26 Å². The highest BCUT2D eigenvalue weighted by Gasteiger charge is 2.20. The number of aryl methyl sites for hydroxylation is 2. The zero-order valence-electron chi connectivity index (χ0n) is 19.2. The average molecular weight is 460 g/mol. The van der Waals surface area contributed by atoms with Crippen molar-refractivity contribution in [3.05, 3.63) is 77.1 Å².